The zero-order valence-corrected chi connectivity index (χ0v) is 37.2. The fraction of sp³-hybridized carbons (Fsp3) is 0. The number of fused-ring (bicyclic) bond motifs is 3. The second kappa shape index (κ2) is 14.8. The Labute approximate surface area is 364 Å². The molecule has 0 atom stereocenters. The normalized spacial score (nSPS) is 11.5. The van der Waals surface area contributed by atoms with Crippen LogP contribution in [0.1, 0.15) is 0 Å². The molecule has 0 saturated heterocycles. The molecule has 0 aliphatic rings. The van der Waals surface area contributed by atoms with Crippen LogP contribution >= 0.6 is 0 Å². The Bertz CT molecular complexity index is 3200. The van der Waals surface area contributed by atoms with Gasteiger partial charge in [0.15, 0.2) is 0 Å². The lowest BCUT2D eigenvalue weighted by Crippen LogP contribution is -2.55. The molecule has 3 nitrogen and oxygen atoms in total. The average molecular weight is 757 g/mol. The van der Waals surface area contributed by atoms with Crippen molar-refractivity contribution in [3.63, 3.8) is 0 Å². The second-order valence-corrected chi connectivity index (χ2v) is 17.2. The summed E-state index contributed by atoms with van der Waals surface area (Å²) in [6.07, 6.45) is 0. The van der Waals surface area contributed by atoms with E-state index in [0.717, 1.165) is 55.4 Å². The summed E-state index contributed by atoms with van der Waals surface area (Å²) in [5.41, 5.74) is 25.9. The summed E-state index contributed by atoms with van der Waals surface area (Å²) in [4.78, 5) is 5.40. The van der Waals surface area contributed by atoms with Crippen LogP contribution in [0.15, 0.2) is 103 Å². The van der Waals surface area contributed by atoms with Crippen LogP contribution in [0.3, 0.4) is 0 Å². The van der Waals surface area contributed by atoms with E-state index in [2.05, 4.69) is 202 Å². The number of aromatic nitrogens is 2. The van der Waals surface area contributed by atoms with E-state index in [1.165, 1.54) is 93.1 Å². The third kappa shape index (κ3) is 5.79. The minimum absolute atomic E-state index is 0.358. The molecule has 0 spiro atoms. The van der Waals surface area contributed by atoms with Crippen molar-refractivity contribution in [3.05, 3.63) is 103 Å². The lowest BCUT2D eigenvalue weighted by atomic mass is 9.60. The molecule has 0 aliphatic heterocycles. The van der Waals surface area contributed by atoms with Crippen molar-refractivity contribution < 1.29 is 5.11 Å². The second-order valence-electron chi connectivity index (χ2n) is 17.2. The first kappa shape index (κ1) is 39.8. The molecular weight excluding hydrogens is 714 g/mol. The molecule has 60 heavy (non-hydrogen) atoms. The number of hydrogen-bond acceptors (Lipinski definition) is 2. The van der Waals surface area contributed by atoms with Crippen molar-refractivity contribution in [3.8, 4) is 56.2 Å². The number of benzene rings is 8. The predicted octanol–water partition coefficient (Wildman–Crippen LogP) is -9.19. The van der Waals surface area contributed by atoms with Crippen LogP contribution in [0.5, 0.6) is 5.75 Å². The van der Waals surface area contributed by atoms with Gasteiger partial charge in [0, 0.05) is 11.3 Å². The Hall–Kier alpha value is -5.67. The first-order valence-electron chi connectivity index (χ1n) is 21.2. The summed E-state index contributed by atoms with van der Waals surface area (Å²) in [7, 11) is 26.7. The summed E-state index contributed by atoms with van der Waals surface area (Å²) >= 11 is 0. The van der Waals surface area contributed by atoms with Gasteiger partial charge in [0.1, 0.15) is 106 Å². The minimum Gasteiger partial charge on any atom is -0.509 e. The van der Waals surface area contributed by atoms with Crippen LogP contribution < -0.4 is 65.6 Å². The highest BCUT2D eigenvalue weighted by Gasteiger charge is 2.28. The molecule has 1 aromatic heterocycles. The van der Waals surface area contributed by atoms with Gasteiger partial charge < -0.3 is 5.11 Å². The fourth-order valence-electron chi connectivity index (χ4n) is 10.2. The van der Waals surface area contributed by atoms with E-state index < -0.39 is 0 Å². The highest BCUT2D eigenvalue weighted by atomic mass is 16.3. The molecule has 274 valence electrons. The number of rotatable bonds is 5. The molecule has 0 aliphatic carbocycles. The molecule has 9 aromatic rings. The Morgan fingerprint density at radius 2 is 0.867 bits per heavy atom. The summed E-state index contributed by atoms with van der Waals surface area (Å²) in [6.45, 7) is 0. The first-order chi connectivity index (χ1) is 28.7. The molecule has 9 rings (SSSR count). The van der Waals surface area contributed by atoms with Crippen molar-refractivity contribution in [2.24, 2.45) is 0 Å². The number of para-hydroxylation sites is 2. The molecule has 15 heteroatoms. The maximum atomic E-state index is 12.0. The van der Waals surface area contributed by atoms with Crippen LogP contribution in [0.2, 0.25) is 0 Å². The van der Waals surface area contributed by atoms with Gasteiger partial charge in [-0.15, -0.1) is 27.3 Å². The van der Waals surface area contributed by atoms with E-state index in [9.17, 15) is 5.11 Å². The van der Waals surface area contributed by atoms with Crippen molar-refractivity contribution in [1.29, 1.82) is 0 Å². The SMILES string of the molecule is Bc1c(B)c(B)c(-c2nc3ccccc3n2-c2cccc(-c3c4c(B)c(B)c(B)c(B)c4c(-c4ccccc4-c4ccccc4)c4c(B)c(B)c(O)c(B)c34)c2)c(B)c1B. The Morgan fingerprint density at radius 3 is 1.52 bits per heavy atom. The number of imidazole rings is 1. The monoisotopic (exact) mass is 758 g/mol. The maximum Gasteiger partial charge on any atom is 0.145 e. The molecule has 0 amide bonds. The number of phenolic OH excluding ortho intramolecular Hbond substituents is 1. The number of nitrogens with zero attached hydrogens (tertiary/aromatic N) is 2. The van der Waals surface area contributed by atoms with Crippen molar-refractivity contribution in [2.75, 3.05) is 0 Å². The Morgan fingerprint density at radius 1 is 0.383 bits per heavy atom. The van der Waals surface area contributed by atoms with Gasteiger partial charge in [-0.3, -0.25) is 4.57 Å². The highest BCUT2D eigenvalue weighted by molar-refractivity contribution is 6.70. The van der Waals surface area contributed by atoms with Gasteiger partial charge in [0.05, 0.1) is 11.0 Å². The van der Waals surface area contributed by atoms with Crippen molar-refractivity contribution in [1.82, 2.24) is 9.55 Å². The lowest BCUT2D eigenvalue weighted by Gasteiger charge is -2.28. The summed E-state index contributed by atoms with van der Waals surface area (Å²) in [5, 5.41) is 16.8. The lowest BCUT2D eigenvalue weighted by molar-refractivity contribution is 0.485. The maximum absolute atomic E-state index is 12.0. The predicted molar refractivity (Wildman–Crippen MR) is 298 cm³/mol. The van der Waals surface area contributed by atoms with Crippen LogP contribution in [-0.2, 0) is 0 Å². The molecule has 0 unspecified atom stereocenters. The first-order valence-corrected chi connectivity index (χ1v) is 21.2. The zero-order valence-electron chi connectivity index (χ0n) is 37.2. The van der Waals surface area contributed by atoms with Gasteiger partial charge in [0.2, 0.25) is 0 Å². The average Bonchev–Trinajstić information content (AvgIpc) is 3.65. The van der Waals surface area contributed by atoms with Crippen molar-refractivity contribution in [2.45, 2.75) is 0 Å². The molecule has 0 fully saturated rings. The number of aromatic hydroxyl groups is 1. The third-order valence-corrected chi connectivity index (χ3v) is 14.4. The molecule has 1 N–H and O–H groups in total. The molecule has 0 saturated carbocycles. The fourth-order valence-corrected chi connectivity index (χ4v) is 10.2. The summed E-state index contributed by atoms with van der Waals surface area (Å²) in [5.74, 6) is 1.31. The van der Waals surface area contributed by atoms with Crippen LogP contribution in [0.25, 0.3) is 83.0 Å². The molecular formula is C45H42B12N2O. The zero-order chi connectivity index (χ0) is 42.5. The van der Waals surface area contributed by atoms with Gasteiger partial charge in [0.25, 0.3) is 0 Å². The molecule has 8 aromatic carbocycles. The van der Waals surface area contributed by atoms with E-state index in [-0.39, 0.29) is 0 Å². The largest absolute Gasteiger partial charge is 0.509 e. The van der Waals surface area contributed by atoms with E-state index in [1.54, 1.807) is 0 Å². The van der Waals surface area contributed by atoms with Crippen LogP contribution in [-0.4, -0.2) is 109 Å². The Balaban J connectivity index is 1.46. The van der Waals surface area contributed by atoms with Crippen LogP contribution in [0, 0.1) is 0 Å². The minimum atomic E-state index is 0.358. The molecule has 1 heterocycles. The van der Waals surface area contributed by atoms with Gasteiger partial charge >= 0.3 is 0 Å². The van der Waals surface area contributed by atoms with Gasteiger partial charge in [-0.25, -0.2) is 4.98 Å². The molecule has 0 radical (unpaired) electrons. The topological polar surface area (TPSA) is 38.0 Å². The van der Waals surface area contributed by atoms with E-state index in [1.807, 2.05) is 0 Å². The molecule has 0 bridgehead atoms. The van der Waals surface area contributed by atoms with Crippen molar-refractivity contribution >= 4 is 192 Å². The number of phenols is 1. The van der Waals surface area contributed by atoms with Crippen LogP contribution in [0.4, 0.5) is 0 Å². The quantitative estimate of drug-likeness (QED) is 0.140. The van der Waals surface area contributed by atoms with E-state index in [0.29, 0.717) is 5.75 Å². The highest BCUT2D eigenvalue weighted by Crippen LogP contribution is 2.44. The number of hydrogen-bond donors (Lipinski definition) is 1. The van der Waals surface area contributed by atoms with Gasteiger partial charge in [-0.1, -0.05) is 112 Å². The smallest absolute Gasteiger partial charge is 0.145 e. The van der Waals surface area contributed by atoms with Gasteiger partial charge in [-0.05, 0) is 84.7 Å². The third-order valence-electron chi connectivity index (χ3n) is 14.4. The summed E-state index contributed by atoms with van der Waals surface area (Å²) < 4.78 is 2.37. The summed E-state index contributed by atoms with van der Waals surface area (Å²) in [6, 6.07) is 37.2. The standard InChI is InChI=1S/C45H42B12N2O/c46-32-27-25(19-11-8-12-20(17-19)59-24-16-7-6-15-23(24)58-45(59)31-35(49)40(54)42(56)41(55)36(31)50)28-30(34(48)43(57)44(60)37(28)51)26(29(27)33(47)39(53)38(32)52)22-14-5-4-13-21(22)18-9-2-1-3-10-18/h1-17,60H,46-57H2. The Kier molecular flexibility index (Phi) is 9.81. The van der Waals surface area contributed by atoms with E-state index in [4.69, 9.17) is 4.98 Å². The van der Waals surface area contributed by atoms with E-state index >= 15 is 0 Å². The van der Waals surface area contributed by atoms with Gasteiger partial charge in [-0.2, -0.15) is 0 Å².